The summed E-state index contributed by atoms with van der Waals surface area (Å²) in [6.07, 6.45) is 1.24. The van der Waals surface area contributed by atoms with Crippen LogP contribution in [0.2, 0.25) is 5.02 Å². The number of aryl methyl sites for hydroxylation is 1. The molecule has 0 bridgehead atoms. The minimum Gasteiger partial charge on any atom is -0.384 e. The SMILES string of the molecule is CCCc1ccc(C(O)c2cc(F)cc(Cl)c2)cc1. The van der Waals surface area contributed by atoms with Gasteiger partial charge >= 0.3 is 0 Å². The summed E-state index contributed by atoms with van der Waals surface area (Å²) in [5.41, 5.74) is 2.44. The van der Waals surface area contributed by atoms with Gasteiger partial charge in [-0.3, -0.25) is 0 Å². The predicted octanol–water partition coefficient (Wildman–Crippen LogP) is 4.51. The number of hydrogen-bond donors (Lipinski definition) is 1. The summed E-state index contributed by atoms with van der Waals surface area (Å²) < 4.78 is 13.3. The Hall–Kier alpha value is -1.38. The van der Waals surface area contributed by atoms with E-state index in [4.69, 9.17) is 11.6 Å². The number of aliphatic hydroxyl groups excluding tert-OH is 1. The number of hydrogen-bond acceptors (Lipinski definition) is 1. The van der Waals surface area contributed by atoms with Crippen molar-refractivity contribution in [3.63, 3.8) is 0 Å². The van der Waals surface area contributed by atoms with E-state index in [1.54, 1.807) is 6.07 Å². The summed E-state index contributed by atoms with van der Waals surface area (Å²) in [7, 11) is 0. The molecule has 0 aliphatic carbocycles. The highest BCUT2D eigenvalue weighted by Crippen LogP contribution is 2.25. The van der Waals surface area contributed by atoms with Crippen LogP contribution in [-0.2, 0) is 6.42 Å². The highest BCUT2D eigenvalue weighted by atomic mass is 35.5. The van der Waals surface area contributed by atoms with Crippen molar-refractivity contribution in [1.29, 1.82) is 0 Å². The highest BCUT2D eigenvalue weighted by molar-refractivity contribution is 6.30. The second-order valence-corrected chi connectivity index (χ2v) is 5.03. The molecule has 0 saturated carbocycles. The van der Waals surface area contributed by atoms with E-state index in [1.807, 2.05) is 24.3 Å². The standard InChI is InChI=1S/C16H16ClFO/c1-2-3-11-4-6-12(7-5-11)16(19)13-8-14(17)10-15(18)9-13/h4-10,16,19H,2-3H2,1H3. The van der Waals surface area contributed by atoms with Crippen molar-refractivity contribution in [3.05, 3.63) is 70.0 Å². The molecule has 1 N–H and O–H groups in total. The topological polar surface area (TPSA) is 20.2 Å². The third-order valence-corrected chi connectivity index (χ3v) is 3.25. The maximum Gasteiger partial charge on any atom is 0.125 e. The van der Waals surface area contributed by atoms with Crippen LogP contribution in [0.15, 0.2) is 42.5 Å². The number of halogens is 2. The lowest BCUT2D eigenvalue weighted by Gasteiger charge is -2.12. The fourth-order valence-electron chi connectivity index (χ4n) is 2.08. The maximum absolute atomic E-state index is 13.3. The van der Waals surface area contributed by atoms with E-state index in [-0.39, 0.29) is 5.02 Å². The van der Waals surface area contributed by atoms with Gasteiger partial charge in [-0.25, -0.2) is 4.39 Å². The molecule has 2 aromatic carbocycles. The summed E-state index contributed by atoms with van der Waals surface area (Å²) in [5, 5.41) is 10.5. The van der Waals surface area contributed by atoms with Crippen molar-refractivity contribution >= 4 is 11.6 Å². The molecular formula is C16H16ClFO. The predicted molar refractivity (Wildman–Crippen MR) is 75.9 cm³/mol. The normalized spacial score (nSPS) is 12.4. The van der Waals surface area contributed by atoms with E-state index >= 15 is 0 Å². The molecule has 1 unspecified atom stereocenters. The Morgan fingerprint density at radius 3 is 2.37 bits per heavy atom. The third-order valence-electron chi connectivity index (χ3n) is 3.03. The van der Waals surface area contributed by atoms with Gasteiger partial charge in [-0.05, 0) is 41.3 Å². The third kappa shape index (κ3) is 3.55. The van der Waals surface area contributed by atoms with E-state index in [0.29, 0.717) is 5.56 Å². The first-order valence-corrected chi connectivity index (χ1v) is 6.71. The molecule has 0 heterocycles. The van der Waals surface area contributed by atoms with Crippen LogP contribution >= 0.6 is 11.6 Å². The Bertz CT molecular complexity index is 531. The summed E-state index contributed by atoms with van der Waals surface area (Å²) in [4.78, 5) is 0. The van der Waals surface area contributed by atoms with Crippen molar-refractivity contribution in [3.8, 4) is 0 Å². The summed E-state index contributed by atoms with van der Waals surface area (Å²) in [6, 6.07) is 11.8. The van der Waals surface area contributed by atoms with Crippen LogP contribution in [0.4, 0.5) is 4.39 Å². The molecule has 0 spiro atoms. The largest absolute Gasteiger partial charge is 0.384 e. The Morgan fingerprint density at radius 2 is 1.79 bits per heavy atom. The Labute approximate surface area is 117 Å². The minimum atomic E-state index is -0.858. The molecule has 0 radical (unpaired) electrons. The molecule has 19 heavy (non-hydrogen) atoms. The molecule has 100 valence electrons. The Kier molecular flexibility index (Phi) is 4.56. The minimum absolute atomic E-state index is 0.289. The Morgan fingerprint density at radius 1 is 1.11 bits per heavy atom. The van der Waals surface area contributed by atoms with Gasteiger partial charge in [-0.15, -0.1) is 0 Å². The van der Waals surface area contributed by atoms with Crippen LogP contribution < -0.4 is 0 Å². The summed E-state index contributed by atoms with van der Waals surface area (Å²) in [5.74, 6) is -0.441. The maximum atomic E-state index is 13.3. The van der Waals surface area contributed by atoms with Gasteiger partial charge in [0.05, 0.1) is 0 Å². The molecule has 1 atom stereocenters. The molecule has 3 heteroatoms. The van der Waals surface area contributed by atoms with Gasteiger partial charge in [0.1, 0.15) is 11.9 Å². The number of benzene rings is 2. The first-order valence-electron chi connectivity index (χ1n) is 6.33. The van der Waals surface area contributed by atoms with Crippen molar-refractivity contribution in [2.75, 3.05) is 0 Å². The highest BCUT2D eigenvalue weighted by Gasteiger charge is 2.12. The molecule has 0 aliphatic rings. The zero-order valence-corrected chi connectivity index (χ0v) is 11.5. The van der Waals surface area contributed by atoms with Crippen molar-refractivity contribution < 1.29 is 9.50 Å². The number of aliphatic hydroxyl groups is 1. The number of rotatable bonds is 4. The van der Waals surface area contributed by atoms with Crippen molar-refractivity contribution in [1.82, 2.24) is 0 Å². The van der Waals surface area contributed by atoms with Gasteiger partial charge in [0.2, 0.25) is 0 Å². The average Bonchev–Trinajstić information content (AvgIpc) is 2.38. The molecule has 2 rings (SSSR count). The lowest BCUT2D eigenvalue weighted by Crippen LogP contribution is -2.00. The second kappa shape index (κ2) is 6.18. The molecule has 0 amide bonds. The second-order valence-electron chi connectivity index (χ2n) is 4.60. The van der Waals surface area contributed by atoms with E-state index in [2.05, 4.69) is 6.92 Å². The molecule has 1 nitrogen and oxygen atoms in total. The fraction of sp³-hybridized carbons (Fsp3) is 0.250. The first kappa shape index (κ1) is 14.0. The lowest BCUT2D eigenvalue weighted by atomic mass is 9.99. The molecular weight excluding hydrogens is 263 g/mol. The van der Waals surface area contributed by atoms with E-state index in [1.165, 1.54) is 17.7 Å². The zero-order valence-electron chi connectivity index (χ0n) is 10.7. The fourth-order valence-corrected chi connectivity index (χ4v) is 2.31. The van der Waals surface area contributed by atoms with Gasteiger partial charge in [0.25, 0.3) is 0 Å². The van der Waals surface area contributed by atoms with Crippen LogP contribution in [0.1, 0.15) is 36.1 Å². The van der Waals surface area contributed by atoms with Crippen LogP contribution in [0, 0.1) is 5.82 Å². The van der Waals surface area contributed by atoms with Crippen LogP contribution in [0.3, 0.4) is 0 Å². The Balaban J connectivity index is 2.25. The van der Waals surface area contributed by atoms with E-state index in [9.17, 15) is 9.50 Å². The average molecular weight is 279 g/mol. The lowest BCUT2D eigenvalue weighted by molar-refractivity contribution is 0.220. The van der Waals surface area contributed by atoms with Gasteiger partial charge in [0.15, 0.2) is 0 Å². The molecule has 0 aromatic heterocycles. The monoisotopic (exact) mass is 278 g/mol. The van der Waals surface area contributed by atoms with Gasteiger partial charge in [-0.2, -0.15) is 0 Å². The van der Waals surface area contributed by atoms with Gasteiger partial charge < -0.3 is 5.11 Å². The van der Waals surface area contributed by atoms with Crippen LogP contribution in [0.5, 0.6) is 0 Å². The molecule has 0 fully saturated rings. The zero-order chi connectivity index (χ0) is 13.8. The van der Waals surface area contributed by atoms with Gasteiger partial charge in [0, 0.05) is 5.02 Å². The van der Waals surface area contributed by atoms with Crippen molar-refractivity contribution in [2.45, 2.75) is 25.9 Å². The first-order chi connectivity index (χ1) is 9.10. The molecule has 0 aliphatic heterocycles. The summed E-state index contributed by atoms with van der Waals surface area (Å²) in [6.45, 7) is 2.12. The molecule has 0 saturated heterocycles. The van der Waals surface area contributed by atoms with E-state index < -0.39 is 11.9 Å². The van der Waals surface area contributed by atoms with Crippen LogP contribution in [0.25, 0.3) is 0 Å². The van der Waals surface area contributed by atoms with Gasteiger partial charge in [-0.1, -0.05) is 49.2 Å². The van der Waals surface area contributed by atoms with Crippen LogP contribution in [-0.4, -0.2) is 5.11 Å². The quantitative estimate of drug-likeness (QED) is 0.872. The smallest absolute Gasteiger partial charge is 0.125 e. The molecule has 2 aromatic rings. The summed E-state index contributed by atoms with van der Waals surface area (Å²) >= 11 is 5.80. The van der Waals surface area contributed by atoms with Crippen molar-refractivity contribution in [2.24, 2.45) is 0 Å². The van der Waals surface area contributed by atoms with E-state index in [0.717, 1.165) is 18.4 Å².